The first-order valence-corrected chi connectivity index (χ1v) is 9.76. The third-order valence-electron chi connectivity index (χ3n) is 4.79. The van der Waals surface area contributed by atoms with Gasteiger partial charge in [-0.1, -0.05) is 25.1 Å². The highest BCUT2D eigenvalue weighted by Crippen LogP contribution is 2.39. The lowest BCUT2D eigenvalue weighted by Crippen LogP contribution is -2.19. The van der Waals surface area contributed by atoms with Gasteiger partial charge in [0.1, 0.15) is 22.4 Å². The molecule has 1 aliphatic rings. The van der Waals surface area contributed by atoms with E-state index in [1.165, 1.54) is 24.5 Å². The third-order valence-corrected chi connectivity index (χ3v) is 5.96. The highest BCUT2D eigenvalue weighted by atomic mass is 32.1. The molecule has 1 aliphatic carbocycles. The number of carbonyl (C=O) groups excluding carboxylic acids is 2. The molecule has 3 rings (SSSR count). The first-order valence-electron chi connectivity index (χ1n) is 8.95. The second-order valence-electron chi connectivity index (χ2n) is 6.79. The van der Waals surface area contributed by atoms with Gasteiger partial charge in [0, 0.05) is 10.4 Å². The second-order valence-corrected chi connectivity index (χ2v) is 7.89. The summed E-state index contributed by atoms with van der Waals surface area (Å²) in [5.74, 6) is -0.0610. The van der Waals surface area contributed by atoms with Crippen LogP contribution in [0, 0.1) is 17.2 Å². The third kappa shape index (κ3) is 3.92. The van der Waals surface area contributed by atoms with Crippen molar-refractivity contribution >= 4 is 34.2 Å². The summed E-state index contributed by atoms with van der Waals surface area (Å²) in [5.41, 5.74) is 7.42. The van der Waals surface area contributed by atoms with Crippen LogP contribution in [-0.2, 0) is 17.6 Å². The number of anilines is 1. The molecule has 144 valence electrons. The van der Waals surface area contributed by atoms with E-state index in [1.54, 1.807) is 24.3 Å². The Kier molecular flexibility index (Phi) is 5.81. The summed E-state index contributed by atoms with van der Waals surface area (Å²) in [6.07, 6.45) is 4.07. The Morgan fingerprint density at radius 2 is 2.14 bits per heavy atom. The van der Waals surface area contributed by atoms with E-state index in [2.05, 4.69) is 12.2 Å². The van der Waals surface area contributed by atoms with Crippen molar-refractivity contribution < 1.29 is 14.3 Å². The van der Waals surface area contributed by atoms with Crippen LogP contribution < -0.4 is 15.8 Å². The van der Waals surface area contributed by atoms with Crippen molar-refractivity contribution in [3.8, 4) is 11.8 Å². The topological polar surface area (TPSA) is 105 Å². The molecule has 0 bridgehead atoms. The Balaban J connectivity index is 1.93. The molecular formula is C21H21N3O3S. The van der Waals surface area contributed by atoms with Crippen LogP contribution >= 0.6 is 11.3 Å². The van der Waals surface area contributed by atoms with Gasteiger partial charge in [-0.3, -0.25) is 9.59 Å². The summed E-state index contributed by atoms with van der Waals surface area (Å²) in [4.78, 5) is 25.8. The number of thiophene rings is 1. The number of hydrogen-bond acceptors (Lipinski definition) is 5. The Hall–Kier alpha value is -3.11. The number of para-hydroxylation sites is 1. The summed E-state index contributed by atoms with van der Waals surface area (Å²) in [6.45, 7) is 2.16. The standard InChI is InChI=1S/C21H21N3O3S/c1-12-7-8-15-17(9-12)28-21(18(15)19(23)25)24-20(26)14(11-22)10-13-5-3-4-6-16(13)27-2/h3-6,10,12H,7-9H2,1-2H3,(H2,23,25)(H,24,26)/b14-10+. The minimum Gasteiger partial charge on any atom is -0.496 e. The molecule has 1 aromatic heterocycles. The maximum atomic E-state index is 12.7. The van der Waals surface area contributed by atoms with Crippen molar-refractivity contribution in [1.82, 2.24) is 0 Å². The van der Waals surface area contributed by atoms with Gasteiger partial charge in [-0.15, -0.1) is 11.3 Å². The molecule has 28 heavy (non-hydrogen) atoms. The van der Waals surface area contributed by atoms with Gasteiger partial charge in [0.05, 0.1) is 12.7 Å². The molecular weight excluding hydrogens is 374 g/mol. The number of nitriles is 1. The molecule has 7 heteroatoms. The fraction of sp³-hybridized carbons (Fsp3) is 0.286. The monoisotopic (exact) mass is 395 g/mol. The first kappa shape index (κ1) is 19.6. The van der Waals surface area contributed by atoms with Crippen LogP contribution in [0.5, 0.6) is 5.75 Å². The quantitative estimate of drug-likeness (QED) is 0.597. The smallest absolute Gasteiger partial charge is 0.266 e. The van der Waals surface area contributed by atoms with Crippen molar-refractivity contribution in [1.29, 1.82) is 5.26 Å². The first-order chi connectivity index (χ1) is 13.4. The normalized spacial score (nSPS) is 16.0. The number of hydrogen-bond donors (Lipinski definition) is 2. The van der Waals surface area contributed by atoms with Crippen LogP contribution in [0.15, 0.2) is 29.8 Å². The Bertz CT molecular complexity index is 1000. The highest BCUT2D eigenvalue weighted by Gasteiger charge is 2.27. The molecule has 1 atom stereocenters. The minimum absolute atomic E-state index is 0.0836. The molecule has 0 aliphatic heterocycles. The van der Waals surface area contributed by atoms with Crippen LogP contribution in [-0.4, -0.2) is 18.9 Å². The van der Waals surface area contributed by atoms with Crippen molar-refractivity contribution in [2.45, 2.75) is 26.2 Å². The van der Waals surface area contributed by atoms with E-state index in [0.717, 1.165) is 29.7 Å². The summed E-state index contributed by atoms with van der Waals surface area (Å²) in [5, 5.41) is 12.6. The van der Waals surface area contributed by atoms with Crippen molar-refractivity contribution in [3.63, 3.8) is 0 Å². The molecule has 3 N–H and O–H groups in total. The van der Waals surface area contributed by atoms with Gasteiger partial charge in [0.2, 0.25) is 0 Å². The molecule has 0 radical (unpaired) electrons. The van der Waals surface area contributed by atoms with Crippen molar-refractivity contribution in [3.05, 3.63) is 51.4 Å². The van der Waals surface area contributed by atoms with E-state index >= 15 is 0 Å². The number of primary amides is 1. The summed E-state index contributed by atoms with van der Waals surface area (Å²) >= 11 is 1.37. The SMILES string of the molecule is COc1ccccc1/C=C(\C#N)C(=O)Nc1sc2c(c1C(N)=O)CCC(C)C2. The predicted molar refractivity (Wildman–Crippen MR) is 109 cm³/mol. The largest absolute Gasteiger partial charge is 0.496 e. The zero-order valence-electron chi connectivity index (χ0n) is 15.7. The zero-order valence-corrected chi connectivity index (χ0v) is 16.6. The lowest BCUT2D eigenvalue weighted by molar-refractivity contribution is -0.112. The number of nitrogens with one attached hydrogen (secondary N) is 1. The molecule has 6 nitrogen and oxygen atoms in total. The lowest BCUT2D eigenvalue weighted by atomic mass is 9.88. The Morgan fingerprint density at radius 3 is 2.82 bits per heavy atom. The highest BCUT2D eigenvalue weighted by molar-refractivity contribution is 7.17. The summed E-state index contributed by atoms with van der Waals surface area (Å²) in [7, 11) is 1.52. The van der Waals surface area contributed by atoms with E-state index in [-0.39, 0.29) is 5.57 Å². The molecule has 1 unspecified atom stereocenters. The fourth-order valence-corrected chi connectivity index (χ4v) is 4.77. The number of carbonyl (C=O) groups is 2. The Morgan fingerprint density at radius 1 is 1.39 bits per heavy atom. The van der Waals surface area contributed by atoms with Crippen LogP contribution in [0.2, 0.25) is 0 Å². The minimum atomic E-state index is -0.581. The molecule has 0 fully saturated rings. The molecule has 1 aromatic carbocycles. The molecule has 2 aromatic rings. The Labute approximate surface area is 167 Å². The summed E-state index contributed by atoms with van der Waals surface area (Å²) in [6, 6.07) is 9.02. The molecule has 0 spiro atoms. The molecule has 0 saturated heterocycles. The number of methoxy groups -OCH3 is 1. The zero-order chi connectivity index (χ0) is 20.3. The maximum Gasteiger partial charge on any atom is 0.266 e. The lowest BCUT2D eigenvalue weighted by Gasteiger charge is -2.18. The van der Waals surface area contributed by atoms with E-state index in [9.17, 15) is 14.9 Å². The molecule has 0 saturated carbocycles. The number of amides is 2. The van der Waals surface area contributed by atoms with Crippen molar-refractivity contribution in [2.75, 3.05) is 12.4 Å². The number of ether oxygens (including phenoxy) is 1. The average molecular weight is 395 g/mol. The van der Waals surface area contributed by atoms with Gasteiger partial charge in [-0.2, -0.15) is 5.26 Å². The van der Waals surface area contributed by atoms with E-state index in [4.69, 9.17) is 10.5 Å². The average Bonchev–Trinajstić information content (AvgIpc) is 3.03. The van der Waals surface area contributed by atoms with Gasteiger partial charge in [-0.25, -0.2) is 0 Å². The molecule has 2 amide bonds. The van der Waals surface area contributed by atoms with Crippen LogP contribution in [0.25, 0.3) is 6.08 Å². The predicted octanol–water partition coefficient (Wildman–Crippen LogP) is 3.53. The number of nitrogens with two attached hydrogens (primary N) is 1. The van der Waals surface area contributed by atoms with Gasteiger partial charge in [0.15, 0.2) is 0 Å². The number of benzene rings is 1. The van der Waals surface area contributed by atoms with Crippen molar-refractivity contribution in [2.24, 2.45) is 11.7 Å². The van der Waals surface area contributed by atoms with Crippen LogP contribution in [0.4, 0.5) is 5.00 Å². The second kappa shape index (κ2) is 8.28. The van der Waals surface area contributed by atoms with Crippen LogP contribution in [0.3, 0.4) is 0 Å². The van der Waals surface area contributed by atoms with Gasteiger partial charge >= 0.3 is 0 Å². The molecule has 1 heterocycles. The maximum absolute atomic E-state index is 12.7. The summed E-state index contributed by atoms with van der Waals surface area (Å²) < 4.78 is 5.26. The number of rotatable bonds is 5. The van der Waals surface area contributed by atoms with Gasteiger partial charge < -0.3 is 15.8 Å². The fourth-order valence-electron chi connectivity index (χ4n) is 3.36. The number of fused-ring (bicyclic) bond motifs is 1. The van der Waals surface area contributed by atoms with E-state index in [1.807, 2.05) is 6.07 Å². The van der Waals surface area contributed by atoms with Gasteiger partial charge in [-0.05, 0) is 42.9 Å². The van der Waals surface area contributed by atoms with Gasteiger partial charge in [0.25, 0.3) is 11.8 Å². The van der Waals surface area contributed by atoms with E-state index in [0.29, 0.717) is 27.8 Å². The van der Waals surface area contributed by atoms with Crippen LogP contribution in [0.1, 0.15) is 39.7 Å². The van der Waals surface area contributed by atoms with E-state index < -0.39 is 11.8 Å². The number of nitrogens with zero attached hydrogens (tertiary/aromatic N) is 1.